The van der Waals surface area contributed by atoms with E-state index in [0.29, 0.717) is 13.0 Å². The first-order chi connectivity index (χ1) is 8.25. The average Bonchev–Trinajstić information content (AvgIpc) is 2.83. The Morgan fingerprint density at radius 1 is 1.29 bits per heavy atom. The quantitative estimate of drug-likeness (QED) is 0.866. The largest absolute Gasteiger partial charge is 0.341 e. The van der Waals surface area contributed by atoms with Crippen molar-refractivity contribution in [3.05, 3.63) is 53.9 Å². The predicted octanol–water partition coefficient (Wildman–Crippen LogP) is 1.61. The fraction of sp³-hybridized carbons (Fsp3) is 0.231. The van der Waals surface area contributed by atoms with E-state index in [1.165, 1.54) is 0 Å². The molecule has 88 valence electrons. The Morgan fingerprint density at radius 2 is 2.06 bits per heavy atom. The van der Waals surface area contributed by atoms with E-state index >= 15 is 0 Å². The fourth-order valence-corrected chi connectivity index (χ4v) is 1.63. The summed E-state index contributed by atoms with van der Waals surface area (Å²) in [6, 6.07) is 11.8. The summed E-state index contributed by atoms with van der Waals surface area (Å²) in [6.07, 6.45) is 2.02. The standard InChI is InChI=1S/C13H15N3O/c1-16(10-11-5-3-2-4-6-11)13(17)9-12-7-8-14-15-12/h2-8H,9-10H2,1H3,(H,14,15). The number of H-pyrrole nitrogens is 1. The fourth-order valence-electron chi connectivity index (χ4n) is 1.63. The molecule has 0 atom stereocenters. The van der Waals surface area contributed by atoms with Crippen LogP contribution in [0.3, 0.4) is 0 Å². The van der Waals surface area contributed by atoms with Gasteiger partial charge in [-0.3, -0.25) is 9.89 Å². The molecule has 0 spiro atoms. The Hall–Kier alpha value is -2.10. The van der Waals surface area contributed by atoms with Crippen molar-refractivity contribution in [1.82, 2.24) is 15.1 Å². The minimum absolute atomic E-state index is 0.0816. The first-order valence-corrected chi connectivity index (χ1v) is 5.52. The monoisotopic (exact) mass is 229 g/mol. The van der Waals surface area contributed by atoms with Crippen molar-refractivity contribution in [2.45, 2.75) is 13.0 Å². The van der Waals surface area contributed by atoms with E-state index in [9.17, 15) is 4.79 Å². The number of rotatable bonds is 4. The van der Waals surface area contributed by atoms with Crippen LogP contribution in [-0.4, -0.2) is 28.1 Å². The van der Waals surface area contributed by atoms with Gasteiger partial charge in [0.15, 0.2) is 0 Å². The highest BCUT2D eigenvalue weighted by atomic mass is 16.2. The molecule has 0 aliphatic rings. The molecule has 1 aromatic carbocycles. The van der Waals surface area contributed by atoms with Crippen molar-refractivity contribution in [3.63, 3.8) is 0 Å². The summed E-state index contributed by atoms with van der Waals surface area (Å²) >= 11 is 0. The Bertz CT molecular complexity index is 465. The second kappa shape index (κ2) is 5.30. The zero-order chi connectivity index (χ0) is 12.1. The lowest BCUT2D eigenvalue weighted by Crippen LogP contribution is -2.27. The van der Waals surface area contributed by atoms with Gasteiger partial charge in [-0.15, -0.1) is 0 Å². The van der Waals surface area contributed by atoms with Crippen LogP contribution in [0.25, 0.3) is 0 Å². The first kappa shape index (κ1) is 11.4. The summed E-state index contributed by atoms with van der Waals surface area (Å²) < 4.78 is 0. The molecule has 0 fully saturated rings. The number of likely N-dealkylation sites (N-methyl/N-ethyl adjacent to an activating group) is 1. The van der Waals surface area contributed by atoms with Crippen molar-refractivity contribution in [3.8, 4) is 0 Å². The second-order valence-electron chi connectivity index (χ2n) is 3.99. The van der Waals surface area contributed by atoms with Gasteiger partial charge in [0.2, 0.25) is 5.91 Å². The van der Waals surface area contributed by atoms with Crippen LogP contribution < -0.4 is 0 Å². The molecule has 2 rings (SSSR count). The van der Waals surface area contributed by atoms with E-state index < -0.39 is 0 Å². The third-order valence-corrected chi connectivity index (χ3v) is 2.59. The Morgan fingerprint density at radius 3 is 2.71 bits per heavy atom. The van der Waals surface area contributed by atoms with Crippen LogP contribution in [0.15, 0.2) is 42.6 Å². The number of amides is 1. The maximum atomic E-state index is 11.9. The van der Waals surface area contributed by atoms with Gasteiger partial charge in [-0.1, -0.05) is 30.3 Å². The van der Waals surface area contributed by atoms with Gasteiger partial charge in [0, 0.05) is 25.5 Å². The van der Waals surface area contributed by atoms with Crippen molar-refractivity contribution in [2.75, 3.05) is 7.05 Å². The molecule has 1 heterocycles. The molecule has 17 heavy (non-hydrogen) atoms. The van der Waals surface area contributed by atoms with E-state index in [1.54, 1.807) is 11.1 Å². The van der Waals surface area contributed by atoms with Crippen LogP contribution in [0.4, 0.5) is 0 Å². The van der Waals surface area contributed by atoms with E-state index in [4.69, 9.17) is 0 Å². The highest BCUT2D eigenvalue weighted by Gasteiger charge is 2.10. The van der Waals surface area contributed by atoms with Crippen LogP contribution in [0.2, 0.25) is 0 Å². The molecule has 0 saturated heterocycles. The molecule has 1 aromatic heterocycles. The molecule has 0 saturated carbocycles. The number of carbonyl (C=O) groups excluding carboxylic acids is 1. The SMILES string of the molecule is CN(Cc1ccccc1)C(=O)Cc1ccn[nH]1. The number of nitrogens with one attached hydrogen (secondary N) is 1. The van der Waals surface area contributed by atoms with Crippen molar-refractivity contribution in [2.24, 2.45) is 0 Å². The summed E-state index contributed by atoms with van der Waals surface area (Å²) in [6.45, 7) is 0.633. The zero-order valence-electron chi connectivity index (χ0n) is 9.76. The average molecular weight is 229 g/mol. The topological polar surface area (TPSA) is 49.0 Å². The van der Waals surface area contributed by atoms with Crippen LogP contribution in [-0.2, 0) is 17.8 Å². The summed E-state index contributed by atoms with van der Waals surface area (Å²) in [5.41, 5.74) is 1.97. The second-order valence-corrected chi connectivity index (χ2v) is 3.99. The maximum Gasteiger partial charge on any atom is 0.228 e. The molecule has 0 unspecified atom stereocenters. The van der Waals surface area contributed by atoms with Crippen LogP contribution in [0.5, 0.6) is 0 Å². The van der Waals surface area contributed by atoms with E-state index in [2.05, 4.69) is 10.2 Å². The summed E-state index contributed by atoms with van der Waals surface area (Å²) in [7, 11) is 1.81. The smallest absolute Gasteiger partial charge is 0.228 e. The third kappa shape index (κ3) is 3.17. The number of hydrogen-bond acceptors (Lipinski definition) is 2. The molecule has 4 heteroatoms. The molecular formula is C13H15N3O. The lowest BCUT2D eigenvalue weighted by atomic mass is 10.2. The summed E-state index contributed by atoms with van der Waals surface area (Å²) in [5.74, 6) is 0.0816. The lowest BCUT2D eigenvalue weighted by Gasteiger charge is -2.16. The Balaban J connectivity index is 1.92. The number of hydrogen-bond donors (Lipinski definition) is 1. The number of carbonyl (C=O) groups is 1. The van der Waals surface area contributed by atoms with Gasteiger partial charge >= 0.3 is 0 Å². The van der Waals surface area contributed by atoms with Crippen molar-refractivity contribution in [1.29, 1.82) is 0 Å². The molecular weight excluding hydrogens is 214 g/mol. The van der Waals surface area contributed by atoms with Gasteiger partial charge < -0.3 is 4.90 Å². The number of nitrogens with zero attached hydrogens (tertiary/aromatic N) is 2. The molecule has 0 bridgehead atoms. The van der Waals surface area contributed by atoms with Gasteiger partial charge in [0.05, 0.1) is 6.42 Å². The normalized spacial score (nSPS) is 10.2. The summed E-state index contributed by atoms with van der Waals surface area (Å²) in [5, 5.41) is 6.61. The minimum atomic E-state index is 0.0816. The third-order valence-electron chi connectivity index (χ3n) is 2.59. The van der Waals surface area contributed by atoms with Crippen LogP contribution in [0.1, 0.15) is 11.3 Å². The molecule has 1 amide bonds. The van der Waals surface area contributed by atoms with Crippen molar-refractivity contribution >= 4 is 5.91 Å². The number of aromatic amines is 1. The van der Waals surface area contributed by atoms with Gasteiger partial charge in [-0.25, -0.2) is 0 Å². The highest BCUT2D eigenvalue weighted by molar-refractivity contribution is 5.78. The number of aromatic nitrogens is 2. The molecule has 2 aromatic rings. The molecule has 1 N–H and O–H groups in total. The molecule has 0 radical (unpaired) electrons. The summed E-state index contributed by atoms with van der Waals surface area (Å²) in [4.78, 5) is 13.6. The van der Waals surface area contributed by atoms with E-state index in [1.807, 2.05) is 43.4 Å². The predicted molar refractivity (Wildman–Crippen MR) is 65.2 cm³/mol. The lowest BCUT2D eigenvalue weighted by molar-refractivity contribution is -0.129. The minimum Gasteiger partial charge on any atom is -0.341 e. The maximum absolute atomic E-state index is 11.9. The zero-order valence-corrected chi connectivity index (χ0v) is 9.76. The Labute approximate surface area is 100 Å². The van der Waals surface area contributed by atoms with Gasteiger partial charge in [0.1, 0.15) is 0 Å². The van der Waals surface area contributed by atoms with Crippen LogP contribution >= 0.6 is 0 Å². The first-order valence-electron chi connectivity index (χ1n) is 5.52. The van der Waals surface area contributed by atoms with E-state index in [0.717, 1.165) is 11.3 Å². The van der Waals surface area contributed by atoms with Crippen LogP contribution in [0, 0.1) is 0 Å². The molecule has 0 aliphatic heterocycles. The molecule has 0 aliphatic carbocycles. The van der Waals surface area contributed by atoms with Crippen molar-refractivity contribution < 1.29 is 4.79 Å². The Kier molecular flexibility index (Phi) is 3.55. The highest BCUT2D eigenvalue weighted by Crippen LogP contribution is 2.04. The molecule has 4 nitrogen and oxygen atoms in total. The number of benzene rings is 1. The van der Waals surface area contributed by atoms with Gasteiger partial charge in [-0.2, -0.15) is 5.10 Å². The van der Waals surface area contributed by atoms with Gasteiger partial charge in [0.25, 0.3) is 0 Å². The van der Waals surface area contributed by atoms with Gasteiger partial charge in [-0.05, 0) is 11.6 Å². The van der Waals surface area contributed by atoms with E-state index in [-0.39, 0.29) is 5.91 Å².